The zero-order valence-corrected chi connectivity index (χ0v) is 27.6. The van der Waals surface area contributed by atoms with E-state index in [9.17, 15) is 18.0 Å². The largest absolute Gasteiger partial charge is 0.497 e. The molecule has 2 heterocycles. The van der Waals surface area contributed by atoms with Gasteiger partial charge < -0.3 is 29.2 Å². The number of Topliss-reactive ketones (excluding diaryl/α,β-unsaturated/α-hetero) is 1. The summed E-state index contributed by atoms with van der Waals surface area (Å²) >= 11 is 0. The molecule has 3 aromatic rings. The fourth-order valence-corrected chi connectivity index (χ4v) is 5.27. The number of halogens is 3. The molecule has 1 aliphatic heterocycles. The summed E-state index contributed by atoms with van der Waals surface area (Å²) in [5, 5.41) is 3.49. The Bertz CT molecular complexity index is 1430. The molecule has 2 aromatic carbocycles. The third-order valence-electron chi connectivity index (χ3n) is 8.13. The van der Waals surface area contributed by atoms with Crippen LogP contribution in [-0.4, -0.2) is 56.7 Å². The van der Waals surface area contributed by atoms with Crippen molar-refractivity contribution < 1.29 is 36.9 Å². The highest BCUT2D eigenvalue weighted by Gasteiger charge is 2.37. The van der Waals surface area contributed by atoms with Crippen molar-refractivity contribution in [2.75, 3.05) is 44.2 Å². The average molecular weight is 644 g/mol. The van der Waals surface area contributed by atoms with E-state index in [1.165, 1.54) is 0 Å². The van der Waals surface area contributed by atoms with Crippen LogP contribution in [0.15, 0.2) is 48.5 Å². The smallest absolute Gasteiger partial charge is 0.395 e. The first-order valence-electron chi connectivity index (χ1n) is 15.2. The molecule has 0 unspecified atom stereocenters. The Balaban J connectivity index is 1.80. The van der Waals surface area contributed by atoms with Gasteiger partial charge in [-0.3, -0.25) is 4.79 Å². The van der Waals surface area contributed by atoms with Crippen molar-refractivity contribution >= 4 is 17.3 Å². The number of hydrogen-bond acceptors (Lipinski definition) is 8. The van der Waals surface area contributed by atoms with Gasteiger partial charge in [0, 0.05) is 48.4 Å². The topological polar surface area (TPSA) is 82.2 Å². The highest BCUT2D eigenvalue weighted by atomic mass is 19.4. The van der Waals surface area contributed by atoms with Gasteiger partial charge in [-0.1, -0.05) is 31.2 Å². The van der Waals surface area contributed by atoms with E-state index in [1.807, 2.05) is 88.0 Å². The molecule has 0 spiro atoms. The van der Waals surface area contributed by atoms with Gasteiger partial charge in [-0.25, -0.2) is 4.98 Å². The molecule has 0 aliphatic carbocycles. The second kappa shape index (κ2) is 14.3. The lowest BCUT2D eigenvalue weighted by atomic mass is 9.90. The number of methoxy groups -OCH3 is 2. The first kappa shape index (κ1) is 35.0. The van der Waals surface area contributed by atoms with E-state index in [0.29, 0.717) is 67.1 Å². The summed E-state index contributed by atoms with van der Waals surface area (Å²) < 4.78 is 62.7. The minimum atomic E-state index is -4.62. The van der Waals surface area contributed by atoms with Crippen LogP contribution in [0.2, 0.25) is 0 Å². The minimum absolute atomic E-state index is 0.375. The lowest BCUT2D eigenvalue weighted by Gasteiger charge is -2.41. The summed E-state index contributed by atoms with van der Waals surface area (Å²) in [7, 11) is 3.19. The molecular formula is C35H44F3N3O5. The Morgan fingerprint density at radius 2 is 1.41 bits per heavy atom. The number of ether oxygens (including phenoxy) is 4. The Morgan fingerprint density at radius 3 is 1.87 bits per heavy atom. The molecule has 0 bridgehead atoms. The number of benzene rings is 2. The van der Waals surface area contributed by atoms with Gasteiger partial charge in [0.25, 0.3) is 0 Å². The third-order valence-corrected chi connectivity index (χ3v) is 8.13. The highest BCUT2D eigenvalue weighted by Crippen LogP contribution is 2.37. The molecule has 1 aliphatic rings. The fourth-order valence-electron chi connectivity index (χ4n) is 5.27. The number of carbonyl (C=O) groups excluding carboxylic acids is 1. The molecule has 1 aromatic heterocycles. The van der Waals surface area contributed by atoms with Crippen molar-refractivity contribution in [3.63, 3.8) is 0 Å². The molecule has 1 fully saturated rings. The highest BCUT2D eigenvalue weighted by molar-refractivity contribution is 5.86. The first-order chi connectivity index (χ1) is 21.6. The van der Waals surface area contributed by atoms with Gasteiger partial charge in [-0.2, -0.15) is 13.2 Å². The van der Waals surface area contributed by atoms with Crippen molar-refractivity contribution in [1.29, 1.82) is 0 Å². The van der Waals surface area contributed by atoms with Gasteiger partial charge in [-0.05, 0) is 68.7 Å². The summed E-state index contributed by atoms with van der Waals surface area (Å²) in [6, 6.07) is 15.1. The number of hydrogen-bond donors (Lipinski definition) is 1. The molecule has 0 atom stereocenters. The fraction of sp³-hybridized carbons (Fsp3) is 0.486. The van der Waals surface area contributed by atoms with Gasteiger partial charge in [-0.15, -0.1) is 0 Å². The number of rotatable bonds is 13. The summed E-state index contributed by atoms with van der Waals surface area (Å²) in [6.45, 7) is 11.5. The van der Waals surface area contributed by atoms with Crippen LogP contribution in [0.1, 0.15) is 55.1 Å². The van der Waals surface area contributed by atoms with Crippen molar-refractivity contribution in [2.24, 2.45) is 5.41 Å². The number of ketones is 1. The second-order valence-electron chi connectivity index (χ2n) is 12.7. The molecule has 1 saturated heterocycles. The van der Waals surface area contributed by atoms with Crippen molar-refractivity contribution in [3.05, 3.63) is 76.5 Å². The Labute approximate surface area is 269 Å². The van der Waals surface area contributed by atoms with E-state index in [0.717, 1.165) is 16.7 Å². The standard InChI is InChI=1S/C35H44F3N3O5/c1-23-24(2)40-32(41(18-25-8-12-28(43-6)13-9-25)19-26-10-14-29(44-7)15-11-26)30(16-27(42)17-35(36,37)38)31(23)39-20-34(5)21-45-33(3,4)46-22-34/h8-15H,16-22H2,1-7H3,(H,39,40). The van der Waals surface area contributed by atoms with Crippen molar-refractivity contribution in [2.45, 2.75) is 72.5 Å². The molecule has 8 nitrogen and oxygen atoms in total. The lowest BCUT2D eigenvalue weighted by molar-refractivity contribution is -0.279. The molecule has 1 N–H and O–H groups in total. The first-order valence-corrected chi connectivity index (χ1v) is 15.2. The summed E-state index contributed by atoms with van der Waals surface area (Å²) in [6.07, 6.45) is -6.59. The number of nitrogens with zero attached hydrogens (tertiary/aromatic N) is 2. The third kappa shape index (κ3) is 9.35. The van der Waals surface area contributed by atoms with E-state index >= 15 is 0 Å². The maximum absolute atomic E-state index is 13.4. The average Bonchev–Trinajstić information content (AvgIpc) is 3.00. The molecule has 250 valence electrons. The van der Waals surface area contributed by atoms with Gasteiger partial charge in [0.15, 0.2) is 5.79 Å². The van der Waals surface area contributed by atoms with Crippen LogP contribution < -0.4 is 19.7 Å². The zero-order valence-electron chi connectivity index (χ0n) is 27.6. The van der Waals surface area contributed by atoms with Crippen LogP contribution in [0.3, 0.4) is 0 Å². The van der Waals surface area contributed by atoms with E-state index in [4.69, 9.17) is 23.9 Å². The second-order valence-corrected chi connectivity index (χ2v) is 12.7. The van der Waals surface area contributed by atoms with Crippen LogP contribution in [0.4, 0.5) is 24.7 Å². The molecule has 4 rings (SSSR count). The van der Waals surface area contributed by atoms with E-state index < -0.39 is 36.0 Å². The number of alkyl halides is 3. The summed E-state index contributed by atoms with van der Waals surface area (Å²) in [5.74, 6) is 0.205. The molecule has 0 saturated carbocycles. The van der Waals surface area contributed by atoms with E-state index in [-0.39, 0.29) is 0 Å². The van der Waals surface area contributed by atoms with Crippen molar-refractivity contribution in [1.82, 2.24) is 4.98 Å². The van der Waals surface area contributed by atoms with E-state index in [1.54, 1.807) is 14.2 Å². The van der Waals surface area contributed by atoms with Crippen molar-refractivity contribution in [3.8, 4) is 11.5 Å². The van der Waals surface area contributed by atoms with Crippen LogP contribution in [0.25, 0.3) is 0 Å². The Morgan fingerprint density at radius 1 is 0.913 bits per heavy atom. The van der Waals surface area contributed by atoms with Crippen LogP contribution in [0.5, 0.6) is 11.5 Å². The maximum Gasteiger partial charge on any atom is 0.395 e. The number of aryl methyl sites for hydroxylation is 1. The summed E-state index contributed by atoms with van der Waals surface area (Å²) in [4.78, 5) is 19.9. The monoisotopic (exact) mass is 643 g/mol. The van der Waals surface area contributed by atoms with Crippen LogP contribution >= 0.6 is 0 Å². The predicted molar refractivity (Wildman–Crippen MR) is 172 cm³/mol. The number of aromatic nitrogens is 1. The van der Waals surface area contributed by atoms with Gasteiger partial charge in [0.1, 0.15) is 29.5 Å². The summed E-state index contributed by atoms with van der Waals surface area (Å²) in [5.41, 5.74) is 3.92. The quantitative estimate of drug-likeness (QED) is 0.210. The van der Waals surface area contributed by atoms with E-state index in [2.05, 4.69) is 5.32 Å². The van der Waals surface area contributed by atoms with Gasteiger partial charge in [0.2, 0.25) is 0 Å². The normalized spacial score (nSPS) is 15.7. The Hall–Kier alpha value is -3.83. The van der Waals surface area contributed by atoms with Crippen LogP contribution in [0, 0.1) is 19.3 Å². The number of pyridine rings is 1. The molecule has 0 amide bonds. The number of nitrogens with one attached hydrogen (secondary N) is 1. The Kier molecular flexibility index (Phi) is 10.9. The van der Waals surface area contributed by atoms with Gasteiger partial charge >= 0.3 is 6.18 Å². The minimum Gasteiger partial charge on any atom is -0.497 e. The predicted octanol–water partition coefficient (Wildman–Crippen LogP) is 7.19. The molecule has 11 heteroatoms. The zero-order chi connectivity index (χ0) is 33.7. The van der Waals surface area contributed by atoms with Gasteiger partial charge in [0.05, 0.1) is 27.4 Å². The molecule has 46 heavy (non-hydrogen) atoms. The molecule has 0 radical (unpaired) electrons. The maximum atomic E-state index is 13.4. The number of carbonyl (C=O) groups is 1. The van der Waals surface area contributed by atoms with Crippen LogP contribution in [-0.2, 0) is 33.8 Å². The number of anilines is 2. The molecular weight excluding hydrogens is 599 g/mol. The SMILES string of the molecule is COc1ccc(CN(Cc2ccc(OC)cc2)c2nc(C)c(C)c(NCC3(C)COC(C)(C)OC3)c2CC(=O)CC(F)(F)F)cc1. The lowest BCUT2D eigenvalue weighted by Crippen LogP contribution is -2.48.